The highest BCUT2D eigenvalue weighted by Crippen LogP contribution is 2.29. The van der Waals surface area contributed by atoms with Gasteiger partial charge in [-0.2, -0.15) is 5.10 Å². The van der Waals surface area contributed by atoms with Crippen LogP contribution in [0.25, 0.3) is 11.0 Å². The summed E-state index contributed by atoms with van der Waals surface area (Å²) in [6.07, 6.45) is 2.36. The van der Waals surface area contributed by atoms with Gasteiger partial charge in [0.15, 0.2) is 0 Å². The van der Waals surface area contributed by atoms with E-state index >= 15 is 0 Å². The third kappa shape index (κ3) is 4.47. The Bertz CT molecular complexity index is 925. The number of primary amides is 1. The van der Waals surface area contributed by atoms with Gasteiger partial charge in [0.25, 0.3) is 5.91 Å². The Kier molecular flexibility index (Phi) is 5.78. The molecule has 3 aromatic rings. The van der Waals surface area contributed by atoms with Gasteiger partial charge in [0.05, 0.1) is 24.0 Å². The molecule has 8 nitrogen and oxygen atoms in total. The normalized spacial score (nSPS) is 16.2. The first-order valence-electron chi connectivity index (χ1n) is 8.64. The van der Waals surface area contributed by atoms with Gasteiger partial charge in [-0.3, -0.25) is 9.48 Å². The summed E-state index contributed by atoms with van der Waals surface area (Å²) >= 11 is 0. The lowest BCUT2D eigenvalue weighted by Gasteiger charge is -2.06. The van der Waals surface area contributed by atoms with E-state index in [1.807, 2.05) is 13.1 Å². The van der Waals surface area contributed by atoms with E-state index < -0.39 is 5.91 Å². The minimum Gasteiger partial charge on any atom is -0.487 e. The van der Waals surface area contributed by atoms with E-state index in [1.165, 1.54) is 0 Å². The SMILES string of the molecule is Cc1oc2ccc(OCc3ccnn3C)cc2c1C(N)=O.O[C@@H]1CCOC1. The molecule has 0 aliphatic carbocycles. The highest BCUT2D eigenvalue weighted by atomic mass is 16.5. The first-order valence-corrected chi connectivity index (χ1v) is 8.64. The smallest absolute Gasteiger partial charge is 0.252 e. The molecule has 0 spiro atoms. The van der Waals surface area contributed by atoms with Crippen LogP contribution in [0.5, 0.6) is 5.75 Å². The van der Waals surface area contributed by atoms with Gasteiger partial charge in [0, 0.05) is 25.2 Å². The third-order valence-corrected chi connectivity index (χ3v) is 4.30. The highest BCUT2D eigenvalue weighted by molar-refractivity contribution is 6.06. The number of benzene rings is 1. The second kappa shape index (κ2) is 8.24. The summed E-state index contributed by atoms with van der Waals surface area (Å²) in [5.74, 6) is 0.656. The molecule has 1 aromatic carbocycles. The number of nitrogens with zero attached hydrogens (tertiary/aromatic N) is 2. The summed E-state index contributed by atoms with van der Waals surface area (Å²) in [7, 11) is 1.85. The van der Waals surface area contributed by atoms with Crippen molar-refractivity contribution < 1.29 is 23.8 Å². The highest BCUT2D eigenvalue weighted by Gasteiger charge is 2.16. The lowest BCUT2D eigenvalue weighted by molar-refractivity contribution is 0.1000. The Labute approximate surface area is 156 Å². The summed E-state index contributed by atoms with van der Waals surface area (Å²) in [6, 6.07) is 7.22. The maximum atomic E-state index is 11.5. The number of aliphatic hydroxyl groups is 1. The van der Waals surface area contributed by atoms with Gasteiger partial charge in [-0.25, -0.2) is 0 Å². The predicted octanol–water partition coefficient (Wildman–Crippen LogP) is 1.92. The summed E-state index contributed by atoms with van der Waals surface area (Å²) < 4.78 is 17.8. The monoisotopic (exact) mass is 373 g/mol. The van der Waals surface area contributed by atoms with Crippen LogP contribution in [0, 0.1) is 6.92 Å². The van der Waals surface area contributed by atoms with E-state index in [0.29, 0.717) is 41.3 Å². The molecule has 1 fully saturated rings. The van der Waals surface area contributed by atoms with Crippen molar-refractivity contribution in [2.75, 3.05) is 13.2 Å². The molecule has 0 radical (unpaired) electrons. The van der Waals surface area contributed by atoms with Crippen molar-refractivity contribution in [2.45, 2.75) is 26.1 Å². The summed E-state index contributed by atoms with van der Waals surface area (Å²) in [6.45, 7) is 3.39. The Morgan fingerprint density at radius 2 is 2.26 bits per heavy atom. The van der Waals surface area contributed by atoms with Gasteiger partial charge in [-0.15, -0.1) is 0 Å². The molecule has 0 unspecified atom stereocenters. The average Bonchev–Trinajstić information content (AvgIpc) is 3.33. The van der Waals surface area contributed by atoms with E-state index in [4.69, 9.17) is 24.7 Å². The molecular formula is C19H23N3O5. The number of amides is 1. The van der Waals surface area contributed by atoms with E-state index in [1.54, 1.807) is 36.0 Å². The maximum Gasteiger partial charge on any atom is 0.252 e. The number of rotatable bonds is 4. The van der Waals surface area contributed by atoms with Gasteiger partial charge < -0.3 is 24.7 Å². The molecule has 3 heterocycles. The zero-order valence-electron chi connectivity index (χ0n) is 15.3. The number of carbonyl (C=O) groups is 1. The van der Waals surface area contributed by atoms with Gasteiger partial charge in [0.1, 0.15) is 23.7 Å². The van der Waals surface area contributed by atoms with E-state index in [0.717, 1.165) is 18.7 Å². The molecule has 27 heavy (non-hydrogen) atoms. The maximum absolute atomic E-state index is 11.5. The first-order chi connectivity index (χ1) is 13.0. The molecule has 1 amide bonds. The number of aryl methyl sites for hydroxylation is 2. The van der Waals surface area contributed by atoms with E-state index in [-0.39, 0.29) is 6.10 Å². The topological polar surface area (TPSA) is 113 Å². The van der Waals surface area contributed by atoms with Crippen LogP contribution < -0.4 is 10.5 Å². The minimum atomic E-state index is -0.505. The van der Waals surface area contributed by atoms with Gasteiger partial charge in [-0.1, -0.05) is 0 Å². The summed E-state index contributed by atoms with van der Waals surface area (Å²) in [5, 5.41) is 13.4. The van der Waals surface area contributed by atoms with Crippen LogP contribution in [0.4, 0.5) is 0 Å². The van der Waals surface area contributed by atoms with Crippen LogP contribution in [-0.4, -0.2) is 40.1 Å². The Hall–Kier alpha value is -2.84. The number of aromatic nitrogens is 2. The van der Waals surface area contributed by atoms with Crippen LogP contribution in [0.2, 0.25) is 0 Å². The molecule has 0 bridgehead atoms. The summed E-state index contributed by atoms with van der Waals surface area (Å²) in [5.41, 5.74) is 7.37. The number of nitrogens with two attached hydrogens (primary N) is 1. The van der Waals surface area contributed by atoms with Crippen LogP contribution in [0.1, 0.15) is 28.2 Å². The fourth-order valence-corrected chi connectivity index (χ4v) is 2.82. The summed E-state index contributed by atoms with van der Waals surface area (Å²) in [4.78, 5) is 11.5. The fourth-order valence-electron chi connectivity index (χ4n) is 2.82. The minimum absolute atomic E-state index is 0.176. The zero-order valence-corrected chi connectivity index (χ0v) is 15.3. The third-order valence-electron chi connectivity index (χ3n) is 4.30. The number of ether oxygens (including phenoxy) is 2. The number of hydrogen-bond donors (Lipinski definition) is 2. The van der Waals surface area contributed by atoms with Crippen LogP contribution in [0.3, 0.4) is 0 Å². The largest absolute Gasteiger partial charge is 0.487 e. The predicted molar refractivity (Wildman–Crippen MR) is 98.5 cm³/mol. The number of hydrogen-bond acceptors (Lipinski definition) is 6. The molecule has 0 saturated carbocycles. The average molecular weight is 373 g/mol. The Morgan fingerprint density at radius 3 is 2.81 bits per heavy atom. The molecule has 2 aromatic heterocycles. The fraction of sp³-hybridized carbons (Fsp3) is 0.368. The van der Waals surface area contributed by atoms with Crippen molar-refractivity contribution in [1.82, 2.24) is 9.78 Å². The second-order valence-electron chi connectivity index (χ2n) is 6.31. The molecule has 3 N–H and O–H groups in total. The lowest BCUT2D eigenvalue weighted by Crippen LogP contribution is -2.11. The van der Waals surface area contributed by atoms with Crippen molar-refractivity contribution >= 4 is 16.9 Å². The molecule has 1 aliphatic heterocycles. The van der Waals surface area contributed by atoms with Crippen molar-refractivity contribution in [2.24, 2.45) is 12.8 Å². The molecule has 1 atom stereocenters. The standard InChI is InChI=1S/C15H15N3O3.C4H8O2/c1-9-14(15(16)19)12-7-11(3-4-13(12)21-9)20-8-10-5-6-17-18(10)2;5-4-1-2-6-3-4/h3-7H,8H2,1-2H3,(H2,16,19);4-5H,1-3H2/t;4-/m.1/s1. The quantitative estimate of drug-likeness (QED) is 0.722. The number of carbonyl (C=O) groups excluding carboxylic acids is 1. The van der Waals surface area contributed by atoms with Gasteiger partial charge >= 0.3 is 0 Å². The van der Waals surface area contributed by atoms with Gasteiger partial charge in [-0.05, 0) is 37.6 Å². The molecule has 144 valence electrons. The molecule has 1 saturated heterocycles. The van der Waals surface area contributed by atoms with Gasteiger partial charge in [0.2, 0.25) is 0 Å². The zero-order chi connectivity index (χ0) is 19.4. The molecule has 4 rings (SSSR count). The first kappa shape index (κ1) is 18.9. The lowest BCUT2D eigenvalue weighted by atomic mass is 10.1. The number of fused-ring (bicyclic) bond motifs is 1. The molecular weight excluding hydrogens is 350 g/mol. The van der Waals surface area contributed by atoms with Crippen molar-refractivity contribution in [3.63, 3.8) is 0 Å². The van der Waals surface area contributed by atoms with Crippen molar-refractivity contribution in [3.05, 3.63) is 47.5 Å². The number of aliphatic hydroxyl groups excluding tert-OH is 1. The molecule has 1 aliphatic rings. The van der Waals surface area contributed by atoms with Crippen molar-refractivity contribution in [1.29, 1.82) is 0 Å². The van der Waals surface area contributed by atoms with Crippen LogP contribution >= 0.6 is 0 Å². The van der Waals surface area contributed by atoms with Crippen molar-refractivity contribution in [3.8, 4) is 5.75 Å². The van der Waals surface area contributed by atoms with E-state index in [9.17, 15) is 4.79 Å². The number of furan rings is 1. The second-order valence-corrected chi connectivity index (χ2v) is 6.31. The van der Waals surface area contributed by atoms with Crippen LogP contribution in [-0.2, 0) is 18.4 Å². The van der Waals surface area contributed by atoms with Crippen LogP contribution in [0.15, 0.2) is 34.9 Å². The Balaban J connectivity index is 0.000000299. The Morgan fingerprint density at radius 1 is 1.44 bits per heavy atom. The molecule has 8 heteroatoms. The van der Waals surface area contributed by atoms with E-state index in [2.05, 4.69) is 5.10 Å².